The summed E-state index contributed by atoms with van der Waals surface area (Å²) in [6.07, 6.45) is 8.67. The first kappa shape index (κ1) is 18.6. The van der Waals surface area contributed by atoms with Gasteiger partial charge in [0.05, 0.1) is 12.8 Å². The molecule has 1 aromatic rings. The number of nitrogens with zero attached hydrogens (tertiary/aromatic N) is 2. The Kier molecular flexibility index (Phi) is 6.04. The third-order valence-electron chi connectivity index (χ3n) is 5.61. The normalized spacial score (nSPS) is 19.6. The Morgan fingerprint density at radius 2 is 1.92 bits per heavy atom. The van der Waals surface area contributed by atoms with E-state index in [1.807, 2.05) is 25.4 Å². The van der Waals surface area contributed by atoms with Crippen molar-refractivity contribution in [2.45, 2.75) is 31.7 Å². The first-order chi connectivity index (χ1) is 12.7. The fourth-order valence-electron chi connectivity index (χ4n) is 4.21. The largest absolute Gasteiger partial charge is 0.495 e. The molecule has 0 aromatic heterocycles. The highest BCUT2D eigenvalue weighted by Gasteiger charge is 2.27. The first-order valence-electron chi connectivity index (χ1n) is 9.52. The van der Waals surface area contributed by atoms with Crippen LogP contribution in [-0.2, 0) is 0 Å². The molecule has 0 unspecified atom stereocenters. The minimum absolute atomic E-state index is 0.597. The van der Waals surface area contributed by atoms with E-state index in [-0.39, 0.29) is 0 Å². The zero-order valence-electron chi connectivity index (χ0n) is 15.9. The lowest BCUT2D eigenvalue weighted by atomic mass is 10.0. The second kappa shape index (κ2) is 8.45. The average molecular weight is 358 g/mol. The number of nitrogens with one attached hydrogen (secondary N) is 2. The number of nitrogen functional groups attached to an aromatic ring is 1. The van der Waals surface area contributed by atoms with E-state index in [4.69, 9.17) is 15.9 Å². The standard InChI is InChI=1S/C20H31N5O/c1-23-14-15(13-21)17-11-18(22)20(26-2)12-19(17)25-9-7-24(8-10-25)16-5-3-4-6-16/h11-14,16,21,23H,3-10,22H2,1-2H3/b15-14+,21-13?. The zero-order chi connectivity index (χ0) is 18.5. The molecule has 26 heavy (non-hydrogen) atoms. The maximum Gasteiger partial charge on any atom is 0.143 e. The Balaban J connectivity index is 1.86. The highest BCUT2D eigenvalue weighted by molar-refractivity contribution is 6.11. The summed E-state index contributed by atoms with van der Waals surface area (Å²) in [6, 6.07) is 4.72. The summed E-state index contributed by atoms with van der Waals surface area (Å²) in [6.45, 7) is 4.15. The predicted octanol–water partition coefficient (Wildman–Crippen LogP) is 2.55. The molecule has 1 heterocycles. The number of hydrogen-bond acceptors (Lipinski definition) is 6. The molecule has 1 aliphatic carbocycles. The number of methoxy groups -OCH3 is 1. The van der Waals surface area contributed by atoms with Crippen LogP contribution in [0.2, 0.25) is 0 Å². The zero-order valence-corrected chi connectivity index (χ0v) is 15.9. The molecular weight excluding hydrogens is 326 g/mol. The van der Waals surface area contributed by atoms with Crippen molar-refractivity contribution in [1.82, 2.24) is 10.2 Å². The van der Waals surface area contributed by atoms with Gasteiger partial charge in [0.25, 0.3) is 0 Å². The number of ether oxygens (including phenoxy) is 1. The van der Waals surface area contributed by atoms with Crippen LogP contribution in [0, 0.1) is 5.41 Å². The molecule has 1 aliphatic heterocycles. The van der Waals surface area contributed by atoms with Crippen LogP contribution in [0.15, 0.2) is 18.3 Å². The van der Waals surface area contributed by atoms with Crippen LogP contribution in [-0.4, -0.2) is 57.5 Å². The molecule has 0 spiro atoms. The summed E-state index contributed by atoms with van der Waals surface area (Å²) in [7, 11) is 3.49. The molecule has 1 saturated carbocycles. The van der Waals surface area contributed by atoms with E-state index >= 15 is 0 Å². The quantitative estimate of drug-likeness (QED) is 0.539. The fourth-order valence-corrected chi connectivity index (χ4v) is 4.21. The Hall–Kier alpha value is -2.21. The number of hydrogen-bond donors (Lipinski definition) is 3. The highest BCUT2D eigenvalue weighted by Crippen LogP contribution is 2.36. The number of nitrogens with two attached hydrogens (primary N) is 1. The van der Waals surface area contributed by atoms with Gasteiger partial charge in [-0.25, -0.2) is 0 Å². The number of piperazine rings is 1. The molecule has 2 fully saturated rings. The molecule has 142 valence electrons. The highest BCUT2D eigenvalue weighted by atomic mass is 16.5. The fraction of sp³-hybridized carbons (Fsp3) is 0.550. The number of rotatable bonds is 6. The minimum atomic E-state index is 0.597. The van der Waals surface area contributed by atoms with Gasteiger partial charge in [-0.1, -0.05) is 12.8 Å². The molecule has 6 nitrogen and oxygen atoms in total. The molecule has 1 aromatic carbocycles. The van der Waals surface area contributed by atoms with E-state index in [1.54, 1.807) is 7.11 Å². The van der Waals surface area contributed by atoms with Gasteiger partial charge < -0.3 is 26.1 Å². The van der Waals surface area contributed by atoms with Crippen LogP contribution in [0.25, 0.3) is 5.57 Å². The molecule has 2 aliphatic rings. The molecular formula is C20H31N5O. The van der Waals surface area contributed by atoms with Gasteiger partial charge in [-0.3, -0.25) is 4.90 Å². The summed E-state index contributed by atoms with van der Waals surface area (Å²) >= 11 is 0. The second-order valence-electron chi connectivity index (χ2n) is 7.11. The van der Waals surface area contributed by atoms with Crippen molar-refractivity contribution in [2.24, 2.45) is 0 Å². The summed E-state index contributed by atoms with van der Waals surface area (Å²) < 4.78 is 5.45. The van der Waals surface area contributed by atoms with E-state index < -0.39 is 0 Å². The average Bonchev–Trinajstić information content (AvgIpc) is 3.21. The van der Waals surface area contributed by atoms with Crippen molar-refractivity contribution in [3.63, 3.8) is 0 Å². The molecule has 0 atom stereocenters. The number of benzene rings is 1. The lowest BCUT2D eigenvalue weighted by molar-refractivity contribution is 0.187. The lowest BCUT2D eigenvalue weighted by Crippen LogP contribution is -2.50. The van der Waals surface area contributed by atoms with Crippen molar-refractivity contribution >= 4 is 23.2 Å². The molecule has 6 heteroatoms. The second-order valence-corrected chi connectivity index (χ2v) is 7.11. The van der Waals surface area contributed by atoms with E-state index in [9.17, 15) is 0 Å². The summed E-state index contributed by atoms with van der Waals surface area (Å²) in [5.74, 6) is 0.691. The van der Waals surface area contributed by atoms with Gasteiger partial charge >= 0.3 is 0 Å². The maximum atomic E-state index is 7.79. The van der Waals surface area contributed by atoms with Crippen molar-refractivity contribution < 1.29 is 4.74 Å². The van der Waals surface area contributed by atoms with Crippen LogP contribution in [0.4, 0.5) is 11.4 Å². The van der Waals surface area contributed by atoms with E-state index in [2.05, 4.69) is 15.1 Å². The molecule has 1 saturated heterocycles. The third kappa shape index (κ3) is 3.80. The van der Waals surface area contributed by atoms with Crippen LogP contribution < -0.4 is 20.7 Å². The van der Waals surface area contributed by atoms with Crippen LogP contribution in [0.1, 0.15) is 31.2 Å². The minimum Gasteiger partial charge on any atom is -0.495 e. The van der Waals surface area contributed by atoms with Crippen LogP contribution in [0.5, 0.6) is 5.75 Å². The summed E-state index contributed by atoms with van der Waals surface area (Å²) in [5.41, 5.74) is 9.63. The monoisotopic (exact) mass is 357 g/mol. The molecule has 0 bridgehead atoms. The molecule has 0 amide bonds. The van der Waals surface area contributed by atoms with Gasteiger partial charge in [-0.2, -0.15) is 0 Å². The topological polar surface area (TPSA) is 77.6 Å². The Morgan fingerprint density at radius 3 is 2.50 bits per heavy atom. The SMILES string of the molecule is CN/C=C(\C=N)c1cc(N)c(OC)cc1N1CCN(C2CCCC2)CC1. The van der Waals surface area contributed by atoms with Gasteiger partial charge in [0, 0.05) is 74.6 Å². The Labute approximate surface area is 156 Å². The smallest absolute Gasteiger partial charge is 0.143 e. The Bertz CT molecular complexity index is 658. The van der Waals surface area contributed by atoms with E-state index in [1.165, 1.54) is 31.9 Å². The van der Waals surface area contributed by atoms with E-state index in [0.717, 1.165) is 49.0 Å². The van der Waals surface area contributed by atoms with Gasteiger partial charge in [-0.05, 0) is 18.9 Å². The van der Waals surface area contributed by atoms with Crippen molar-refractivity contribution in [2.75, 3.05) is 51.0 Å². The van der Waals surface area contributed by atoms with Gasteiger partial charge in [0.2, 0.25) is 0 Å². The Morgan fingerprint density at radius 1 is 1.23 bits per heavy atom. The van der Waals surface area contributed by atoms with Crippen LogP contribution in [0.3, 0.4) is 0 Å². The third-order valence-corrected chi connectivity index (χ3v) is 5.61. The van der Waals surface area contributed by atoms with E-state index in [0.29, 0.717) is 11.4 Å². The van der Waals surface area contributed by atoms with Gasteiger partial charge in [-0.15, -0.1) is 0 Å². The molecule has 3 rings (SSSR count). The number of allylic oxidation sites excluding steroid dienone is 1. The van der Waals surface area contributed by atoms with Crippen molar-refractivity contribution in [3.8, 4) is 5.75 Å². The summed E-state index contributed by atoms with van der Waals surface area (Å²) in [5, 5.41) is 10.8. The van der Waals surface area contributed by atoms with Gasteiger partial charge in [0.1, 0.15) is 5.75 Å². The first-order valence-corrected chi connectivity index (χ1v) is 9.52. The lowest BCUT2D eigenvalue weighted by Gasteiger charge is -2.40. The maximum absolute atomic E-state index is 7.79. The molecule has 0 radical (unpaired) electrons. The van der Waals surface area contributed by atoms with Gasteiger partial charge in [0.15, 0.2) is 0 Å². The van der Waals surface area contributed by atoms with Crippen LogP contribution >= 0.6 is 0 Å². The van der Waals surface area contributed by atoms with Crippen molar-refractivity contribution in [3.05, 3.63) is 23.9 Å². The number of anilines is 2. The predicted molar refractivity (Wildman–Crippen MR) is 109 cm³/mol. The molecule has 4 N–H and O–H groups in total. The van der Waals surface area contributed by atoms with Crippen molar-refractivity contribution in [1.29, 1.82) is 5.41 Å². The summed E-state index contributed by atoms with van der Waals surface area (Å²) in [4.78, 5) is 5.05.